The quantitative estimate of drug-likeness (QED) is 0.340. The number of likely N-dealkylation sites (tertiary alicyclic amines) is 1. The molecule has 166 valence electrons. The third-order valence-corrected chi connectivity index (χ3v) is 5.68. The zero-order valence-corrected chi connectivity index (χ0v) is 20.8. The van der Waals surface area contributed by atoms with Crippen LogP contribution in [0.25, 0.3) is 0 Å². The molecular weight excluding hydrogens is 495 g/mol. The van der Waals surface area contributed by atoms with Gasteiger partial charge in [0, 0.05) is 38.0 Å². The number of H-pyrrole nitrogens is 1. The van der Waals surface area contributed by atoms with Crippen molar-refractivity contribution >= 4 is 29.9 Å². The van der Waals surface area contributed by atoms with Gasteiger partial charge in [0.1, 0.15) is 12.2 Å². The molecular formula is C21H33IN6O2. The van der Waals surface area contributed by atoms with Gasteiger partial charge in [0.2, 0.25) is 0 Å². The van der Waals surface area contributed by atoms with Gasteiger partial charge in [-0.3, -0.25) is 10.1 Å². The number of aromatic amines is 1. The molecule has 1 aliphatic rings. The van der Waals surface area contributed by atoms with E-state index < -0.39 is 0 Å². The summed E-state index contributed by atoms with van der Waals surface area (Å²) in [6.45, 7) is 7.08. The zero-order valence-electron chi connectivity index (χ0n) is 18.4. The van der Waals surface area contributed by atoms with Crippen LogP contribution in [-0.4, -0.2) is 66.9 Å². The lowest BCUT2D eigenvalue weighted by Crippen LogP contribution is -2.48. The molecule has 0 unspecified atom stereocenters. The minimum Gasteiger partial charge on any atom is -0.493 e. The topological polar surface area (TPSA) is 87.7 Å². The molecule has 1 aromatic heterocycles. The fraction of sp³-hybridized carbons (Fsp3) is 0.571. The van der Waals surface area contributed by atoms with E-state index in [2.05, 4.69) is 50.3 Å². The second-order valence-corrected chi connectivity index (χ2v) is 7.99. The predicted octanol–water partition coefficient (Wildman–Crippen LogP) is 3.17. The number of hydrogen-bond acceptors (Lipinski definition) is 5. The van der Waals surface area contributed by atoms with E-state index in [1.165, 1.54) is 5.56 Å². The Morgan fingerprint density at radius 2 is 1.93 bits per heavy atom. The van der Waals surface area contributed by atoms with Gasteiger partial charge < -0.3 is 19.7 Å². The van der Waals surface area contributed by atoms with Crippen LogP contribution < -0.4 is 14.8 Å². The molecule has 1 saturated heterocycles. The molecule has 2 heterocycles. The van der Waals surface area contributed by atoms with Crippen molar-refractivity contribution in [2.24, 2.45) is 4.99 Å². The van der Waals surface area contributed by atoms with Crippen LogP contribution in [0, 0.1) is 0 Å². The molecule has 1 aliphatic heterocycles. The van der Waals surface area contributed by atoms with Crippen LogP contribution in [-0.2, 0) is 5.41 Å². The first-order chi connectivity index (χ1) is 14.0. The molecule has 0 radical (unpaired) electrons. The van der Waals surface area contributed by atoms with Gasteiger partial charge in [-0.1, -0.05) is 19.9 Å². The minimum absolute atomic E-state index is 0. The maximum atomic E-state index is 5.47. The normalized spacial score (nSPS) is 15.5. The van der Waals surface area contributed by atoms with Gasteiger partial charge in [-0.15, -0.1) is 24.0 Å². The predicted molar refractivity (Wildman–Crippen MR) is 129 cm³/mol. The van der Waals surface area contributed by atoms with Crippen LogP contribution in [0.1, 0.15) is 44.0 Å². The van der Waals surface area contributed by atoms with E-state index in [0.717, 1.165) is 55.8 Å². The average molecular weight is 528 g/mol. The highest BCUT2D eigenvalue weighted by atomic mass is 127. The maximum absolute atomic E-state index is 5.47. The van der Waals surface area contributed by atoms with Gasteiger partial charge in [0.05, 0.1) is 14.2 Å². The molecule has 1 fully saturated rings. The van der Waals surface area contributed by atoms with E-state index >= 15 is 0 Å². The van der Waals surface area contributed by atoms with E-state index in [1.807, 2.05) is 19.2 Å². The number of nitrogens with zero attached hydrogens (tertiary/aromatic N) is 4. The molecule has 1 aromatic carbocycles. The van der Waals surface area contributed by atoms with E-state index in [-0.39, 0.29) is 29.4 Å². The second-order valence-electron chi connectivity index (χ2n) is 7.99. The summed E-state index contributed by atoms with van der Waals surface area (Å²) < 4.78 is 10.8. The van der Waals surface area contributed by atoms with Crippen molar-refractivity contribution in [1.29, 1.82) is 0 Å². The second kappa shape index (κ2) is 10.8. The molecule has 0 spiro atoms. The van der Waals surface area contributed by atoms with Crippen LogP contribution in [0.4, 0.5) is 0 Å². The Morgan fingerprint density at radius 1 is 1.23 bits per heavy atom. The van der Waals surface area contributed by atoms with Crippen LogP contribution >= 0.6 is 24.0 Å². The van der Waals surface area contributed by atoms with Gasteiger partial charge in [-0.05, 0) is 30.5 Å². The SMILES string of the molecule is CN=C(NCC(C)(C)c1ccc(OC)c(OC)c1)N1CCC(c2ncn[nH]2)CC1.I. The Kier molecular flexibility index (Phi) is 8.75. The van der Waals surface area contributed by atoms with Gasteiger partial charge in [0.25, 0.3) is 0 Å². The number of hydrogen-bond donors (Lipinski definition) is 2. The molecule has 0 bridgehead atoms. The van der Waals surface area contributed by atoms with E-state index in [9.17, 15) is 0 Å². The van der Waals surface area contributed by atoms with E-state index in [0.29, 0.717) is 5.92 Å². The first kappa shape index (κ1) is 24.2. The minimum atomic E-state index is -0.104. The van der Waals surface area contributed by atoms with Gasteiger partial charge in [-0.2, -0.15) is 5.10 Å². The highest BCUT2D eigenvalue weighted by molar-refractivity contribution is 14.0. The standard InChI is InChI=1S/C21H32N6O2.HI/c1-21(2,16-6-7-17(28-4)18(12-16)29-5)13-23-20(22-3)27-10-8-15(9-11-27)19-24-14-25-26-19;/h6-7,12,14-15H,8-11,13H2,1-5H3,(H,22,23)(H,24,25,26);1H. The highest BCUT2D eigenvalue weighted by Crippen LogP contribution is 2.33. The summed E-state index contributed by atoms with van der Waals surface area (Å²) in [6.07, 6.45) is 3.66. The molecule has 2 N–H and O–H groups in total. The third-order valence-electron chi connectivity index (χ3n) is 5.68. The van der Waals surface area contributed by atoms with Gasteiger partial charge in [-0.25, -0.2) is 4.98 Å². The highest BCUT2D eigenvalue weighted by Gasteiger charge is 2.27. The monoisotopic (exact) mass is 528 g/mol. The Hall–Kier alpha value is -2.04. The molecule has 2 aromatic rings. The Labute approximate surface area is 195 Å². The lowest BCUT2D eigenvalue weighted by Gasteiger charge is -2.35. The van der Waals surface area contributed by atoms with Gasteiger partial charge in [0.15, 0.2) is 17.5 Å². The van der Waals surface area contributed by atoms with E-state index in [4.69, 9.17) is 9.47 Å². The number of piperidine rings is 1. The van der Waals surface area contributed by atoms with Crippen LogP contribution in [0.2, 0.25) is 0 Å². The fourth-order valence-corrected chi connectivity index (χ4v) is 3.77. The Balaban J connectivity index is 0.00000320. The number of nitrogens with one attached hydrogen (secondary N) is 2. The molecule has 3 rings (SSSR count). The number of benzene rings is 1. The molecule has 9 heteroatoms. The summed E-state index contributed by atoms with van der Waals surface area (Å²) in [5.74, 6) is 3.86. The third kappa shape index (κ3) is 5.55. The van der Waals surface area contributed by atoms with Crippen molar-refractivity contribution in [3.05, 3.63) is 35.9 Å². The summed E-state index contributed by atoms with van der Waals surface area (Å²) in [5, 5.41) is 10.5. The summed E-state index contributed by atoms with van der Waals surface area (Å²) >= 11 is 0. The largest absolute Gasteiger partial charge is 0.493 e. The van der Waals surface area contributed by atoms with E-state index in [1.54, 1.807) is 20.5 Å². The maximum Gasteiger partial charge on any atom is 0.193 e. The Morgan fingerprint density at radius 3 is 2.50 bits per heavy atom. The van der Waals surface area contributed by atoms with Crippen LogP contribution in [0.15, 0.2) is 29.5 Å². The van der Waals surface area contributed by atoms with Crippen molar-refractivity contribution in [3.63, 3.8) is 0 Å². The van der Waals surface area contributed by atoms with Crippen molar-refractivity contribution in [1.82, 2.24) is 25.4 Å². The fourth-order valence-electron chi connectivity index (χ4n) is 3.77. The number of guanidine groups is 1. The smallest absolute Gasteiger partial charge is 0.193 e. The number of ether oxygens (including phenoxy) is 2. The summed E-state index contributed by atoms with van der Waals surface area (Å²) in [6, 6.07) is 6.10. The molecule has 8 nitrogen and oxygen atoms in total. The molecule has 0 atom stereocenters. The van der Waals surface area contributed by atoms with Crippen molar-refractivity contribution in [3.8, 4) is 11.5 Å². The molecule has 0 amide bonds. The zero-order chi connectivity index (χ0) is 20.9. The Bertz CT molecular complexity index is 817. The van der Waals surface area contributed by atoms with Crippen molar-refractivity contribution < 1.29 is 9.47 Å². The molecule has 30 heavy (non-hydrogen) atoms. The molecule has 0 aliphatic carbocycles. The first-order valence-corrected chi connectivity index (χ1v) is 10.0. The van der Waals surface area contributed by atoms with Crippen LogP contribution in [0.3, 0.4) is 0 Å². The average Bonchev–Trinajstić information content (AvgIpc) is 3.29. The number of methoxy groups -OCH3 is 2. The summed E-state index contributed by atoms with van der Waals surface area (Å²) in [4.78, 5) is 11.1. The summed E-state index contributed by atoms with van der Waals surface area (Å²) in [5.41, 5.74) is 1.08. The van der Waals surface area contributed by atoms with Crippen LogP contribution in [0.5, 0.6) is 11.5 Å². The first-order valence-electron chi connectivity index (χ1n) is 10.0. The lowest BCUT2D eigenvalue weighted by atomic mass is 9.84. The van der Waals surface area contributed by atoms with Gasteiger partial charge >= 0.3 is 0 Å². The number of halogens is 1. The lowest BCUT2D eigenvalue weighted by molar-refractivity contribution is 0.296. The van der Waals surface area contributed by atoms with Crippen molar-refractivity contribution in [2.75, 3.05) is 40.9 Å². The van der Waals surface area contributed by atoms with Crippen molar-refractivity contribution in [2.45, 2.75) is 38.0 Å². The number of aliphatic imine (C=N–C) groups is 1. The molecule has 0 saturated carbocycles. The summed E-state index contributed by atoms with van der Waals surface area (Å²) in [7, 11) is 5.16. The number of aromatic nitrogens is 3. The number of rotatable bonds is 6.